The number of methoxy groups -OCH3 is 1. The number of halogens is 2. The van der Waals surface area contributed by atoms with Gasteiger partial charge in [0.05, 0.1) is 48.5 Å². The van der Waals surface area contributed by atoms with Gasteiger partial charge in [0.15, 0.2) is 5.82 Å². The maximum absolute atomic E-state index is 13.7. The van der Waals surface area contributed by atoms with Crippen molar-refractivity contribution in [2.75, 3.05) is 58.0 Å². The van der Waals surface area contributed by atoms with Gasteiger partial charge in [0.25, 0.3) is 0 Å². The Hall–Kier alpha value is -3.96. The van der Waals surface area contributed by atoms with Gasteiger partial charge in [0.2, 0.25) is 0 Å². The predicted molar refractivity (Wildman–Crippen MR) is 138 cm³/mol. The summed E-state index contributed by atoms with van der Waals surface area (Å²) in [7, 11) is 1.50. The summed E-state index contributed by atoms with van der Waals surface area (Å²) in [6, 6.07) is 10.2. The molecule has 5 rings (SSSR count). The fourth-order valence-electron chi connectivity index (χ4n) is 4.50. The summed E-state index contributed by atoms with van der Waals surface area (Å²) in [6.45, 7) is 1.52. The number of fused-ring (bicyclic) bond motifs is 1. The zero-order valence-electron chi connectivity index (χ0n) is 20.4. The van der Waals surface area contributed by atoms with Gasteiger partial charge in [-0.2, -0.15) is 8.78 Å². The summed E-state index contributed by atoms with van der Waals surface area (Å²) in [4.78, 5) is 11.3. The number of aromatic nitrogens is 3. The summed E-state index contributed by atoms with van der Waals surface area (Å²) in [5.41, 5.74) is 15.2. The van der Waals surface area contributed by atoms with Crippen molar-refractivity contribution in [3.63, 3.8) is 0 Å². The van der Waals surface area contributed by atoms with Crippen molar-refractivity contribution < 1.29 is 23.0 Å². The van der Waals surface area contributed by atoms with Crippen molar-refractivity contribution in [2.45, 2.75) is 6.55 Å². The molecule has 1 fully saturated rings. The number of anilines is 2. The number of benzene rings is 2. The lowest BCUT2D eigenvalue weighted by Gasteiger charge is -2.26. The summed E-state index contributed by atoms with van der Waals surface area (Å²) in [5, 5.41) is 0.645. The van der Waals surface area contributed by atoms with Gasteiger partial charge in [-0.3, -0.25) is 9.47 Å². The quantitative estimate of drug-likeness (QED) is 0.342. The Morgan fingerprint density at radius 3 is 2.59 bits per heavy atom. The van der Waals surface area contributed by atoms with Gasteiger partial charge in [-0.05, 0) is 12.1 Å². The Morgan fingerprint density at radius 2 is 1.84 bits per heavy atom. The summed E-state index contributed by atoms with van der Waals surface area (Å²) in [5.74, 6) is 1.00. The van der Waals surface area contributed by atoms with Gasteiger partial charge < -0.3 is 25.7 Å². The molecule has 0 aliphatic carbocycles. The van der Waals surface area contributed by atoms with Crippen LogP contribution in [0.3, 0.4) is 0 Å². The van der Waals surface area contributed by atoms with Gasteiger partial charge in [0, 0.05) is 49.0 Å². The fraction of sp³-hybridized carbons (Fsp3) is 0.308. The molecule has 1 aliphatic heterocycles. The fourth-order valence-corrected chi connectivity index (χ4v) is 4.50. The number of morpholine rings is 1. The second-order valence-corrected chi connectivity index (χ2v) is 8.59. The SMILES string of the molecule is COc1cc(OCCN2CCOCC2)c(N)c(-c2nccc(-c3cn(C(F)F)c4ccccc34)n2)c1N. The summed E-state index contributed by atoms with van der Waals surface area (Å²) >= 11 is 0. The molecule has 0 spiro atoms. The molecule has 0 amide bonds. The molecule has 1 saturated heterocycles. The minimum Gasteiger partial charge on any atom is -0.494 e. The number of rotatable bonds is 8. The first-order valence-corrected chi connectivity index (χ1v) is 11.9. The van der Waals surface area contributed by atoms with Crippen LogP contribution in [0.2, 0.25) is 0 Å². The molecule has 3 heterocycles. The third-order valence-corrected chi connectivity index (χ3v) is 6.43. The van der Waals surface area contributed by atoms with Gasteiger partial charge in [-0.1, -0.05) is 18.2 Å². The van der Waals surface area contributed by atoms with Crippen LogP contribution in [0, 0.1) is 0 Å². The van der Waals surface area contributed by atoms with Crippen LogP contribution in [0.1, 0.15) is 6.55 Å². The Balaban J connectivity index is 1.51. The zero-order chi connectivity index (χ0) is 25.9. The van der Waals surface area contributed by atoms with E-state index in [-0.39, 0.29) is 17.2 Å². The molecule has 2 aromatic heterocycles. The number of ether oxygens (including phenoxy) is 3. The molecule has 4 aromatic rings. The van der Waals surface area contributed by atoms with E-state index in [1.165, 1.54) is 13.3 Å². The number of alkyl halides is 2. The van der Waals surface area contributed by atoms with Crippen LogP contribution in [-0.4, -0.2) is 66.0 Å². The van der Waals surface area contributed by atoms with Crippen LogP contribution >= 0.6 is 0 Å². The molecule has 0 atom stereocenters. The average Bonchev–Trinajstić information content (AvgIpc) is 3.31. The van der Waals surface area contributed by atoms with Gasteiger partial charge in [-0.15, -0.1) is 0 Å². The van der Waals surface area contributed by atoms with E-state index < -0.39 is 6.55 Å². The maximum Gasteiger partial charge on any atom is 0.319 e. The molecule has 2 aromatic carbocycles. The largest absolute Gasteiger partial charge is 0.494 e. The van der Waals surface area contributed by atoms with Crippen LogP contribution in [0.15, 0.2) is 48.8 Å². The first-order chi connectivity index (χ1) is 18.0. The molecule has 11 heteroatoms. The number of nitrogens with two attached hydrogens (primary N) is 2. The predicted octanol–water partition coefficient (Wildman–Crippen LogP) is 4.04. The molecular formula is C26H28F2N6O3. The van der Waals surface area contributed by atoms with E-state index in [9.17, 15) is 8.78 Å². The second kappa shape index (κ2) is 10.6. The van der Waals surface area contributed by atoms with E-state index in [0.717, 1.165) is 17.7 Å². The molecule has 4 N–H and O–H groups in total. The van der Waals surface area contributed by atoms with E-state index in [1.54, 1.807) is 42.6 Å². The van der Waals surface area contributed by atoms with Gasteiger partial charge in [0.1, 0.15) is 18.1 Å². The molecule has 0 unspecified atom stereocenters. The van der Waals surface area contributed by atoms with Crippen molar-refractivity contribution in [3.8, 4) is 34.1 Å². The highest BCUT2D eigenvalue weighted by Crippen LogP contribution is 2.43. The van der Waals surface area contributed by atoms with E-state index >= 15 is 0 Å². The first kappa shape index (κ1) is 24.7. The highest BCUT2D eigenvalue weighted by atomic mass is 19.3. The zero-order valence-corrected chi connectivity index (χ0v) is 20.4. The number of para-hydroxylation sites is 1. The molecule has 0 bridgehead atoms. The molecular weight excluding hydrogens is 482 g/mol. The van der Waals surface area contributed by atoms with Crippen LogP contribution in [0.25, 0.3) is 33.5 Å². The minimum atomic E-state index is -2.69. The van der Waals surface area contributed by atoms with Gasteiger partial charge in [-0.25, -0.2) is 9.97 Å². The van der Waals surface area contributed by atoms with Crippen molar-refractivity contribution >= 4 is 22.3 Å². The van der Waals surface area contributed by atoms with E-state index in [1.807, 2.05) is 0 Å². The highest BCUT2D eigenvalue weighted by Gasteiger charge is 2.22. The van der Waals surface area contributed by atoms with Gasteiger partial charge >= 0.3 is 6.55 Å². The average molecular weight is 511 g/mol. The third kappa shape index (κ3) is 4.87. The maximum atomic E-state index is 13.7. The van der Waals surface area contributed by atoms with E-state index in [2.05, 4.69) is 14.9 Å². The van der Waals surface area contributed by atoms with Crippen LogP contribution in [0.5, 0.6) is 11.5 Å². The lowest BCUT2D eigenvalue weighted by atomic mass is 10.1. The number of hydrogen-bond donors (Lipinski definition) is 2. The third-order valence-electron chi connectivity index (χ3n) is 6.43. The molecule has 1 aliphatic rings. The minimum absolute atomic E-state index is 0.235. The van der Waals surface area contributed by atoms with Crippen molar-refractivity contribution in [2.24, 2.45) is 0 Å². The first-order valence-electron chi connectivity index (χ1n) is 11.9. The van der Waals surface area contributed by atoms with E-state index in [4.69, 9.17) is 25.7 Å². The molecule has 9 nitrogen and oxygen atoms in total. The molecule has 0 radical (unpaired) electrons. The van der Waals surface area contributed by atoms with Crippen LogP contribution in [-0.2, 0) is 4.74 Å². The van der Waals surface area contributed by atoms with Crippen LogP contribution < -0.4 is 20.9 Å². The lowest BCUT2D eigenvalue weighted by molar-refractivity contribution is 0.0323. The van der Waals surface area contributed by atoms with Crippen molar-refractivity contribution in [3.05, 3.63) is 48.8 Å². The molecule has 0 saturated carbocycles. The summed E-state index contributed by atoms with van der Waals surface area (Å²) < 4.78 is 45.2. The highest BCUT2D eigenvalue weighted by molar-refractivity contribution is 5.96. The Labute approximate surface area is 212 Å². The topological polar surface area (TPSA) is 114 Å². The Kier molecular flexibility index (Phi) is 7.06. The lowest BCUT2D eigenvalue weighted by Crippen LogP contribution is -2.38. The van der Waals surface area contributed by atoms with Crippen molar-refractivity contribution in [1.82, 2.24) is 19.4 Å². The van der Waals surface area contributed by atoms with Crippen LogP contribution in [0.4, 0.5) is 20.2 Å². The number of hydrogen-bond acceptors (Lipinski definition) is 8. The van der Waals surface area contributed by atoms with Crippen molar-refractivity contribution in [1.29, 1.82) is 0 Å². The summed E-state index contributed by atoms with van der Waals surface area (Å²) in [6.07, 6.45) is 2.93. The Morgan fingerprint density at radius 1 is 1.08 bits per heavy atom. The number of nitrogen functional groups attached to an aromatic ring is 2. The number of nitrogens with zero attached hydrogens (tertiary/aromatic N) is 4. The molecule has 194 valence electrons. The smallest absolute Gasteiger partial charge is 0.319 e. The monoisotopic (exact) mass is 510 g/mol. The second-order valence-electron chi connectivity index (χ2n) is 8.59. The Bertz CT molecular complexity index is 1400. The standard InChI is InChI=1S/C26H28F2N6O3/c1-35-20-14-21(37-13-10-33-8-11-36-12-9-33)24(30)22(23(20)29)25-31-7-6-18(32-25)17-15-34(26(27)28)19-5-3-2-4-16(17)19/h2-7,14-15,26H,8-13,29-30H2,1H3. The van der Waals surface area contributed by atoms with E-state index in [0.29, 0.717) is 65.6 Å². The normalized spacial score (nSPS) is 14.4. The molecule has 37 heavy (non-hydrogen) atoms.